The van der Waals surface area contributed by atoms with E-state index < -0.39 is 23.5 Å². The first-order valence-corrected chi connectivity index (χ1v) is 4.92. The predicted molar refractivity (Wildman–Crippen MR) is 51.4 cm³/mol. The third-order valence-corrected chi connectivity index (χ3v) is 2.17. The van der Waals surface area contributed by atoms with Gasteiger partial charge in [-0.1, -0.05) is 0 Å². The number of primary amides is 1. The minimum absolute atomic E-state index is 0.0244. The largest absolute Gasteiger partial charge is 0.490 e. The summed E-state index contributed by atoms with van der Waals surface area (Å²) in [6.07, 6.45) is -3.10. The van der Waals surface area contributed by atoms with Gasteiger partial charge in [-0.05, 0) is 12.8 Å². The molecule has 1 aliphatic rings. The summed E-state index contributed by atoms with van der Waals surface area (Å²) in [6.45, 7) is 0. The van der Waals surface area contributed by atoms with Gasteiger partial charge in [-0.2, -0.15) is 13.2 Å². The molecule has 1 aliphatic carbocycles. The van der Waals surface area contributed by atoms with Gasteiger partial charge in [0.2, 0.25) is 0 Å². The van der Waals surface area contributed by atoms with Crippen molar-refractivity contribution in [1.29, 1.82) is 0 Å². The number of nitrogens with zero attached hydrogens (tertiary/aromatic N) is 1. The Hall–Kier alpha value is -1.79. The molecule has 0 bridgehead atoms. The lowest BCUT2D eigenvalue weighted by molar-refractivity contribution is -0.141. The number of carbonyl (C=O) groups excluding carboxylic acids is 1. The Bertz CT molecular complexity index is 455. The van der Waals surface area contributed by atoms with Gasteiger partial charge in [0.05, 0.1) is 6.10 Å². The molecule has 2 rings (SSSR count). The molecule has 0 spiro atoms. The van der Waals surface area contributed by atoms with Gasteiger partial charge in [0.1, 0.15) is 17.1 Å². The number of alkyl halides is 3. The third kappa shape index (κ3) is 2.86. The zero-order valence-electron chi connectivity index (χ0n) is 8.62. The average molecular weight is 246 g/mol. The van der Waals surface area contributed by atoms with Gasteiger partial charge in [0, 0.05) is 12.1 Å². The van der Waals surface area contributed by atoms with Crippen LogP contribution in [0.25, 0.3) is 0 Å². The minimum Gasteiger partial charge on any atom is -0.490 e. The van der Waals surface area contributed by atoms with E-state index >= 15 is 0 Å². The highest BCUT2D eigenvalue weighted by molar-refractivity contribution is 5.91. The zero-order valence-corrected chi connectivity index (χ0v) is 8.62. The van der Waals surface area contributed by atoms with Crippen molar-refractivity contribution < 1.29 is 22.7 Å². The van der Waals surface area contributed by atoms with E-state index in [9.17, 15) is 18.0 Å². The highest BCUT2D eigenvalue weighted by Crippen LogP contribution is 2.33. The number of amides is 1. The van der Waals surface area contributed by atoms with Gasteiger partial charge in [0.15, 0.2) is 0 Å². The third-order valence-electron chi connectivity index (χ3n) is 2.17. The standard InChI is InChI=1S/C10H9F3N2O2/c11-10(12,13)8-4-6(17-5-1-2-5)3-7(15-8)9(14)16/h3-5H,1-2H2,(H2,14,16). The van der Waals surface area contributed by atoms with Crippen LogP contribution in [-0.4, -0.2) is 17.0 Å². The van der Waals surface area contributed by atoms with E-state index in [1.54, 1.807) is 0 Å². The summed E-state index contributed by atoms with van der Waals surface area (Å²) in [4.78, 5) is 14.0. The number of hydrogen-bond donors (Lipinski definition) is 1. The van der Waals surface area contributed by atoms with Crippen LogP contribution in [0.2, 0.25) is 0 Å². The van der Waals surface area contributed by atoms with Crippen molar-refractivity contribution in [2.45, 2.75) is 25.1 Å². The van der Waals surface area contributed by atoms with Gasteiger partial charge in [-0.25, -0.2) is 4.98 Å². The molecule has 1 heterocycles. The Balaban J connectivity index is 2.37. The molecule has 0 aromatic carbocycles. The van der Waals surface area contributed by atoms with Crippen LogP contribution < -0.4 is 10.5 Å². The molecule has 0 aliphatic heterocycles. The van der Waals surface area contributed by atoms with Crippen LogP contribution in [0.15, 0.2) is 12.1 Å². The molecule has 7 heteroatoms. The molecule has 1 aromatic rings. The molecule has 2 N–H and O–H groups in total. The Morgan fingerprint density at radius 2 is 2.06 bits per heavy atom. The van der Waals surface area contributed by atoms with Gasteiger partial charge in [-0.15, -0.1) is 0 Å². The monoisotopic (exact) mass is 246 g/mol. The predicted octanol–water partition coefficient (Wildman–Crippen LogP) is 1.74. The van der Waals surface area contributed by atoms with Crippen LogP contribution in [0.1, 0.15) is 29.0 Å². The summed E-state index contributed by atoms with van der Waals surface area (Å²) < 4.78 is 42.7. The number of aromatic nitrogens is 1. The lowest BCUT2D eigenvalue weighted by Gasteiger charge is -2.10. The number of carbonyl (C=O) groups is 1. The normalized spacial score (nSPS) is 15.7. The van der Waals surface area contributed by atoms with Crippen LogP contribution in [-0.2, 0) is 6.18 Å². The molecule has 0 atom stereocenters. The molecule has 1 fully saturated rings. The number of hydrogen-bond acceptors (Lipinski definition) is 3. The fraction of sp³-hybridized carbons (Fsp3) is 0.400. The van der Waals surface area contributed by atoms with Crippen LogP contribution in [0.5, 0.6) is 5.75 Å². The van der Waals surface area contributed by atoms with E-state index in [0.717, 1.165) is 25.0 Å². The maximum absolute atomic E-state index is 12.5. The van der Waals surface area contributed by atoms with Gasteiger partial charge >= 0.3 is 6.18 Å². The number of nitrogens with two attached hydrogens (primary N) is 1. The molecule has 0 unspecified atom stereocenters. The molecule has 4 nitrogen and oxygen atoms in total. The Morgan fingerprint density at radius 3 is 2.53 bits per heavy atom. The Kier molecular flexibility index (Phi) is 2.68. The van der Waals surface area contributed by atoms with Gasteiger partial charge in [-0.3, -0.25) is 4.79 Å². The first-order chi connectivity index (χ1) is 7.86. The molecule has 1 aromatic heterocycles. The van der Waals surface area contributed by atoms with E-state index in [2.05, 4.69) is 4.98 Å². The van der Waals surface area contributed by atoms with E-state index in [1.165, 1.54) is 0 Å². The summed E-state index contributed by atoms with van der Waals surface area (Å²) in [5.74, 6) is -1.04. The summed E-state index contributed by atoms with van der Waals surface area (Å²) in [7, 11) is 0. The number of halogens is 3. The van der Waals surface area contributed by atoms with Crippen molar-refractivity contribution in [3.63, 3.8) is 0 Å². The summed E-state index contributed by atoms with van der Waals surface area (Å²) in [5, 5.41) is 0. The fourth-order valence-electron chi connectivity index (χ4n) is 1.22. The number of pyridine rings is 1. The smallest absolute Gasteiger partial charge is 0.433 e. The van der Waals surface area contributed by atoms with E-state index in [1.807, 2.05) is 0 Å². The maximum Gasteiger partial charge on any atom is 0.433 e. The van der Waals surface area contributed by atoms with Crippen LogP contribution >= 0.6 is 0 Å². The zero-order chi connectivity index (χ0) is 12.6. The maximum atomic E-state index is 12.5. The van der Waals surface area contributed by atoms with Crippen molar-refractivity contribution >= 4 is 5.91 Å². The second-order valence-electron chi connectivity index (χ2n) is 3.75. The topological polar surface area (TPSA) is 65.2 Å². The summed E-state index contributed by atoms with van der Waals surface area (Å²) >= 11 is 0. The van der Waals surface area contributed by atoms with E-state index in [-0.39, 0.29) is 11.9 Å². The molecular formula is C10H9F3N2O2. The molecule has 92 valence electrons. The molecule has 17 heavy (non-hydrogen) atoms. The average Bonchev–Trinajstić information content (AvgIpc) is 2.99. The quantitative estimate of drug-likeness (QED) is 0.883. The van der Waals surface area contributed by atoms with Crippen molar-refractivity contribution in [1.82, 2.24) is 4.98 Å². The highest BCUT2D eigenvalue weighted by atomic mass is 19.4. The van der Waals surface area contributed by atoms with Gasteiger partial charge < -0.3 is 10.5 Å². The van der Waals surface area contributed by atoms with E-state index in [4.69, 9.17) is 10.5 Å². The van der Waals surface area contributed by atoms with Gasteiger partial charge in [0.25, 0.3) is 5.91 Å². The van der Waals surface area contributed by atoms with Crippen molar-refractivity contribution in [3.8, 4) is 5.75 Å². The molecule has 1 saturated carbocycles. The van der Waals surface area contributed by atoms with Crippen LogP contribution in [0.4, 0.5) is 13.2 Å². The molecule has 0 radical (unpaired) electrons. The van der Waals surface area contributed by atoms with Crippen LogP contribution in [0, 0.1) is 0 Å². The second kappa shape index (κ2) is 3.90. The molecule has 1 amide bonds. The van der Waals surface area contributed by atoms with Crippen molar-refractivity contribution in [2.24, 2.45) is 5.73 Å². The molecule has 0 saturated heterocycles. The second-order valence-corrected chi connectivity index (χ2v) is 3.75. The highest BCUT2D eigenvalue weighted by Gasteiger charge is 2.34. The van der Waals surface area contributed by atoms with Crippen molar-refractivity contribution in [3.05, 3.63) is 23.5 Å². The fourth-order valence-corrected chi connectivity index (χ4v) is 1.22. The summed E-state index contributed by atoms with van der Waals surface area (Å²) in [6, 6.07) is 1.89. The number of rotatable bonds is 3. The first-order valence-electron chi connectivity index (χ1n) is 4.92. The van der Waals surface area contributed by atoms with Crippen LogP contribution in [0.3, 0.4) is 0 Å². The lowest BCUT2D eigenvalue weighted by atomic mass is 10.2. The van der Waals surface area contributed by atoms with E-state index in [0.29, 0.717) is 0 Å². The molecular weight excluding hydrogens is 237 g/mol. The SMILES string of the molecule is NC(=O)c1cc(OC2CC2)cc(C(F)(F)F)n1. The Morgan fingerprint density at radius 1 is 1.41 bits per heavy atom. The minimum atomic E-state index is -4.63. The first kappa shape index (κ1) is 11.7. The Labute approximate surface area is 94.6 Å². The lowest BCUT2D eigenvalue weighted by Crippen LogP contribution is -2.17. The number of ether oxygens (including phenoxy) is 1. The summed E-state index contributed by atoms with van der Waals surface area (Å²) in [5.41, 5.74) is 3.29. The van der Waals surface area contributed by atoms with Crippen molar-refractivity contribution in [2.75, 3.05) is 0 Å².